The van der Waals surface area contributed by atoms with E-state index in [-0.39, 0.29) is 12.2 Å². The third-order valence-electron chi connectivity index (χ3n) is 5.15. The van der Waals surface area contributed by atoms with E-state index in [1.807, 2.05) is 19.1 Å². The SMILES string of the molecule is CC(=O)O/C=C1\CCC/C(C=O)=C\C[C@@H]2C(C(=O)C/C=C(/C)I)=CO[C@H](OC(C)=O)[C@@H]12. The summed E-state index contributed by atoms with van der Waals surface area (Å²) >= 11 is 2.14. The van der Waals surface area contributed by atoms with Crippen LogP contribution in [0.3, 0.4) is 0 Å². The van der Waals surface area contributed by atoms with Gasteiger partial charge in [-0.15, -0.1) is 0 Å². The lowest BCUT2D eigenvalue weighted by Gasteiger charge is -2.37. The summed E-state index contributed by atoms with van der Waals surface area (Å²) < 4.78 is 17.3. The monoisotopic (exact) mass is 542 g/mol. The van der Waals surface area contributed by atoms with Crippen molar-refractivity contribution in [3.05, 3.63) is 45.0 Å². The highest BCUT2D eigenvalue weighted by molar-refractivity contribution is 14.1. The largest absolute Gasteiger partial charge is 0.461 e. The van der Waals surface area contributed by atoms with E-state index in [1.54, 1.807) is 0 Å². The van der Waals surface area contributed by atoms with Gasteiger partial charge in [-0.25, -0.2) is 0 Å². The molecule has 3 atom stereocenters. The number of fused-ring (bicyclic) bond motifs is 1. The van der Waals surface area contributed by atoms with Gasteiger partial charge in [0.15, 0.2) is 5.78 Å². The first kappa shape index (κ1) is 25.0. The molecule has 0 aromatic rings. The second kappa shape index (κ2) is 12.0. The Balaban J connectivity index is 2.54. The number of carbonyl (C=O) groups excluding carboxylic acids is 4. The lowest BCUT2D eigenvalue weighted by Crippen LogP contribution is -2.40. The molecule has 1 aliphatic heterocycles. The van der Waals surface area contributed by atoms with Crippen molar-refractivity contribution in [1.29, 1.82) is 0 Å². The van der Waals surface area contributed by atoms with Gasteiger partial charge in [0.05, 0.1) is 18.4 Å². The van der Waals surface area contributed by atoms with Crippen molar-refractivity contribution in [2.45, 2.75) is 59.2 Å². The second-order valence-electron chi connectivity index (χ2n) is 7.53. The van der Waals surface area contributed by atoms with E-state index < -0.39 is 30.1 Å². The van der Waals surface area contributed by atoms with Crippen molar-refractivity contribution in [2.24, 2.45) is 11.8 Å². The summed E-state index contributed by atoms with van der Waals surface area (Å²) in [7, 11) is 0. The molecule has 0 fully saturated rings. The van der Waals surface area contributed by atoms with Crippen LogP contribution in [0.5, 0.6) is 0 Å². The molecule has 0 N–H and O–H groups in total. The summed E-state index contributed by atoms with van der Waals surface area (Å²) in [5, 5.41) is 0. The van der Waals surface area contributed by atoms with E-state index in [0.717, 1.165) is 9.87 Å². The van der Waals surface area contributed by atoms with E-state index in [2.05, 4.69) is 22.6 Å². The minimum Gasteiger partial charge on any atom is -0.461 e. The molecule has 31 heavy (non-hydrogen) atoms. The Bertz CT molecular complexity index is 846. The summed E-state index contributed by atoms with van der Waals surface area (Å²) in [5.74, 6) is -2.04. The molecule has 0 saturated carbocycles. The Hall–Kier alpha value is -2.23. The normalized spacial score (nSPS) is 27.2. The number of ketones is 1. The molecule has 2 aliphatic rings. The zero-order valence-electron chi connectivity index (χ0n) is 17.9. The molecule has 0 amide bonds. The minimum atomic E-state index is -0.964. The number of esters is 2. The van der Waals surface area contributed by atoms with Crippen molar-refractivity contribution < 1.29 is 33.4 Å². The first-order valence-corrected chi connectivity index (χ1v) is 11.2. The van der Waals surface area contributed by atoms with Crippen molar-refractivity contribution in [3.8, 4) is 0 Å². The Labute approximate surface area is 195 Å². The number of hydrogen-bond donors (Lipinski definition) is 0. The second-order valence-corrected chi connectivity index (χ2v) is 9.23. The molecule has 0 spiro atoms. The Morgan fingerprint density at radius 2 is 1.94 bits per heavy atom. The molecule has 168 valence electrons. The molecule has 1 aliphatic carbocycles. The summed E-state index contributed by atoms with van der Waals surface area (Å²) in [5.41, 5.74) is 1.81. The van der Waals surface area contributed by atoms with Gasteiger partial charge in [-0.1, -0.05) is 12.2 Å². The molecule has 0 aromatic carbocycles. The number of allylic oxidation sites excluding steroid dienone is 5. The third kappa shape index (κ3) is 7.45. The van der Waals surface area contributed by atoms with Gasteiger partial charge in [-0.3, -0.25) is 19.2 Å². The molecule has 0 bridgehead atoms. The molecular formula is C23H27IO7. The molecule has 0 radical (unpaired) electrons. The van der Waals surface area contributed by atoms with Gasteiger partial charge in [0, 0.05) is 31.8 Å². The van der Waals surface area contributed by atoms with Crippen LogP contribution >= 0.6 is 22.6 Å². The van der Waals surface area contributed by atoms with Crippen LogP contribution in [0, 0.1) is 11.8 Å². The van der Waals surface area contributed by atoms with Gasteiger partial charge in [0.1, 0.15) is 6.29 Å². The van der Waals surface area contributed by atoms with Crippen molar-refractivity contribution in [1.82, 2.24) is 0 Å². The van der Waals surface area contributed by atoms with Gasteiger partial charge < -0.3 is 14.2 Å². The van der Waals surface area contributed by atoms with Crippen molar-refractivity contribution in [2.75, 3.05) is 0 Å². The molecule has 8 heteroatoms. The number of ether oxygens (including phenoxy) is 3. The summed E-state index contributed by atoms with van der Waals surface area (Å²) in [6.45, 7) is 4.48. The predicted octanol–water partition coefficient (Wildman–Crippen LogP) is 4.47. The van der Waals surface area contributed by atoms with E-state index in [4.69, 9.17) is 14.2 Å². The molecule has 0 saturated heterocycles. The summed E-state index contributed by atoms with van der Waals surface area (Å²) in [6.07, 6.45) is 8.54. The molecule has 0 aromatic heterocycles. The lowest BCUT2D eigenvalue weighted by atomic mass is 9.75. The molecular weight excluding hydrogens is 515 g/mol. The van der Waals surface area contributed by atoms with Gasteiger partial charge in [-0.2, -0.15) is 0 Å². The number of rotatable bonds is 6. The van der Waals surface area contributed by atoms with Crippen LogP contribution in [-0.4, -0.2) is 30.3 Å². The molecule has 7 nitrogen and oxygen atoms in total. The zero-order chi connectivity index (χ0) is 23.0. The van der Waals surface area contributed by atoms with Crippen LogP contribution in [0.2, 0.25) is 0 Å². The fourth-order valence-electron chi connectivity index (χ4n) is 3.74. The lowest BCUT2D eigenvalue weighted by molar-refractivity contribution is -0.180. The topological polar surface area (TPSA) is 96.0 Å². The van der Waals surface area contributed by atoms with Crippen LogP contribution in [0.15, 0.2) is 45.0 Å². The predicted molar refractivity (Wildman–Crippen MR) is 122 cm³/mol. The first-order chi connectivity index (χ1) is 14.7. The maximum atomic E-state index is 13.0. The maximum Gasteiger partial charge on any atom is 0.307 e. The molecule has 2 rings (SSSR count). The zero-order valence-corrected chi connectivity index (χ0v) is 20.0. The first-order valence-electron chi connectivity index (χ1n) is 10.1. The fourth-order valence-corrected chi connectivity index (χ4v) is 3.96. The van der Waals surface area contributed by atoms with Gasteiger partial charge in [-0.05, 0) is 69.9 Å². The maximum absolute atomic E-state index is 13.0. The highest BCUT2D eigenvalue weighted by Crippen LogP contribution is 2.42. The third-order valence-corrected chi connectivity index (χ3v) is 5.59. The van der Waals surface area contributed by atoms with Crippen LogP contribution in [0.1, 0.15) is 52.9 Å². The quantitative estimate of drug-likeness (QED) is 0.212. The molecule has 0 unspecified atom stereocenters. The molecule has 1 heterocycles. The highest BCUT2D eigenvalue weighted by Gasteiger charge is 2.42. The van der Waals surface area contributed by atoms with E-state index in [1.165, 1.54) is 26.4 Å². The van der Waals surface area contributed by atoms with Gasteiger partial charge in [0.2, 0.25) is 0 Å². The Kier molecular flexibility index (Phi) is 9.67. The highest BCUT2D eigenvalue weighted by atomic mass is 127. The van der Waals surface area contributed by atoms with Gasteiger partial charge in [0.25, 0.3) is 6.29 Å². The van der Waals surface area contributed by atoms with Crippen LogP contribution in [-0.2, 0) is 33.4 Å². The average molecular weight is 542 g/mol. The van der Waals surface area contributed by atoms with Crippen LogP contribution in [0.25, 0.3) is 0 Å². The minimum absolute atomic E-state index is 0.112. The van der Waals surface area contributed by atoms with E-state index in [0.29, 0.717) is 42.4 Å². The van der Waals surface area contributed by atoms with Crippen molar-refractivity contribution in [3.63, 3.8) is 0 Å². The number of halogens is 1. The smallest absolute Gasteiger partial charge is 0.307 e. The van der Waals surface area contributed by atoms with Crippen molar-refractivity contribution >= 4 is 46.6 Å². The number of aldehydes is 1. The fraction of sp³-hybridized carbons (Fsp3) is 0.478. The summed E-state index contributed by atoms with van der Waals surface area (Å²) in [6, 6.07) is 0. The van der Waals surface area contributed by atoms with Gasteiger partial charge >= 0.3 is 11.9 Å². The van der Waals surface area contributed by atoms with E-state index >= 15 is 0 Å². The Morgan fingerprint density at radius 1 is 1.19 bits per heavy atom. The Morgan fingerprint density at radius 3 is 2.55 bits per heavy atom. The van der Waals surface area contributed by atoms with E-state index in [9.17, 15) is 19.2 Å². The average Bonchev–Trinajstić information content (AvgIpc) is 2.79. The van der Waals surface area contributed by atoms with Crippen LogP contribution < -0.4 is 0 Å². The number of Topliss-reactive ketones (excluding diaryl/α,β-unsaturated/α-hetero) is 1. The standard InChI is InChI=1S/C23H27IO7/c1-14(24)7-10-21(28)20-13-30-23(31-16(3)27)22-18(12-29-15(2)26)6-4-5-17(11-25)8-9-19(20)22/h7-8,11-13,19,22-23H,4-6,9-10H2,1-3H3/b14-7-,17-8+,18-12+/t19-,22+,23-/m1/s1. The summed E-state index contributed by atoms with van der Waals surface area (Å²) in [4.78, 5) is 47.6. The number of hydrogen-bond acceptors (Lipinski definition) is 7. The number of carbonyl (C=O) groups is 4. The van der Waals surface area contributed by atoms with Crippen LogP contribution in [0.4, 0.5) is 0 Å².